The summed E-state index contributed by atoms with van der Waals surface area (Å²) in [5, 5.41) is 2.98. The van der Waals surface area contributed by atoms with Crippen LogP contribution < -0.4 is 14.8 Å². The van der Waals surface area contributed by atoms with Crippen LogP contribution in [0.2, 0.25) is 0 Å². The maximum absolute atomic E-state index is 12.8. The molecule has 2 aromatic carbocycles. The quantitative estimate of drug-likeness (QED) is 0.541. The number of carbonyl (C=O) groups excluding carboxylic acids is 1. The molecule has 0 spiro atoms. The summed E-state index contributed by atoms with van der Waals surface area (Å²) in [7, 11) is -1.81. The van der Waals surface area contributed by atoms with E-state index in [2.05, 4.69) is 21.2 Å². The number of nitrogens with zero attached hydrogens (tertiary/aromatic N) is 1. The summed E-state index contributed by atoms with van der Waals surface area (Å²) >= 11 is 3.37. The summed E-state index contributed by atoms with van der Waals surface area (Å²) in [6.07, 6.45) is 1.02. The van der Waals surface area contributed by atoms with Crippen molar-refractivity contribution in [1.29, 1.82) is 0 Å². The number of nitrogens with one attached hydrogen (secondary N) is 1. The van der Waals surface area contributed by atoms with Gasteiger partial charge in [-0.1, -0.05) is 28.1 Å². The predicted molar refractivity (Wildman–Crippen MR) is 127 cm³/mol. The third kappa shape index (κ3) is 6.95. The SMILES string of the molecule is COc1ccc(OCC(C)NC(=O)C2CCN(S(=O)(=O)Cc3cccc(Br)c3)CC2)cc1. The van der Waals surface area contributed by atoms with Gasteiger partial charge in [-0.25, -0.2) is 12.7 Å². The van der Waals surface area contributed by atoms with E-state index in [0.29, 0.717) is 38.3 Å². The molecule has 1 heterocycles. The van der Waals surface area contributed by atoms with Gasteiger partial charge in [0, 0.05) is 23.5 Å². The van der Waals surface area contributed by atoms with Crippen molar-refractivity contribution in [3.05, 3.63) is 58.6 Å². The molecule has 0 radical (unpaired) electrons. The van der Waals surface area contributed by atoms with Gasteiger partial charge in [-0.15, -0.1) is 0 Å². The Hall–Kier alpha value is -2.10. The zero-order valence-electron chi connectivity index (χ0n) is 18.3. The van der Waals surface area contributed by atoms with E-state index < -0.39 is 10.0 Å². The van der Waals surface area contributed by atoms with Crippen LogP contribution in [0.3, 0.4) is 0 Å². The van der Waals surface area contributed by atoms with E-state index in [0.717, 1.165) is 15.8 Å². The molecule has 1 aliphatic heterocycles. The smallest absolute Gasteiger partial charge is 0.223 e. The van der Waals surface area contributed by atoms with Crippen molar-refractivity contribution in [2.24, 2.45) is 5.92 Å². The van der Waals surface area contributed by atoms with Crippen LogP contribution in [-0.2, 0) is 20.6 Å². The Labute approximate surface area is 198 Å². The highest BCUT2D eigenvalue weighted by atomic mass is 79.9. The molecule has 32 heavy (non-hydrogen) atoms. The molecule has 0 bridgehead atoms. The van der Waals surface area contributed by atoms with Crippen molar-refractivity contribution in [3.63, 3.8) is 0 Å². The first-order valence-electron chi connectivity index (χ1n) is 10.6. The molecule has 1 saturated heterocycles. The lowest BCUT2D eigenvalue weighted by Gasteiger charge is -2.31. The fourth-order valence-corrected chi connectivity index (χ4v) is 5.62. The van der Waals surface area contributed by atoms with Crippen LogP contribution in [0.25, 0.3) is 0 Å². The highest BCUT2D eigenvalue weighted by molar-refractivity contribution is 9.10. The molecular formula is C23H29BrN2O5S. The Bertz CT molecular complexity index is 1010. The van der Waals surface area contributed by atoms with Gasteiger partial charge in [0.05, 0.1) is 18.9 Å². The zero-order chi connectivity index (χ0) is 23.1. The lowest BCUT2D eigenvalue weighted by Crippen LogP contribution is -2.46. The highest BCUT2D eigenvalue weighted by Gasteiger charge is 2.31. The van der Waals surface area contributed by atoms with Crippen LogP contribution in [0.15, 0.2) is 53.0 Å². The minimum atomic E-state index is -3.42. The van der Waals surface area contributed by atoms with Gasteiger partial charge in [-0.2, -0.15) is 0 Å². The lowest BCUT2D eigenvalue weighted by atomic mass is 9.97. The summed E-state index contributed by atoms with van der Waals surface area (Å²) < 4.78 is 38.7. The van der Waals surface area contributed by atoms with Crippen LogP contribution in [-0.4, -0.2) is 51.5 Å². The largest absolute Gasteiger partial charge is 0.497 e. The first kappa shape index (κ1) is 24.5. The van der Waals surface area contributed by atoms with Crippen LogP contribution in [0.4, 0.5) is 0 Å². The number of carbonyl (C=O) groups is 1. The van der Waals surface area contributed by atoms with Gasteiger partial charge in [-0.3, -0.25) is 4.79 Å². The van der Waals surface area contributed by atoms with E-state index in [9.17, 15) is 13.2 Å². The Morgan fingerprint density at radius 1 is 1.16 bits per heavy atom. The lowest BCUT2D eigenvalue weighted by molar-refractivity contribution is -0.126. The molecule has 1 fully saturated rings. The van der Waals surface area contributed by atoms with Crippen LogP contribution in [0, 0.1) is 5.92 Å². The van der Waals surface area contributed by atoms with Crippen molar-refractivity contribution in [2.75, 3.05) is 26.8 Å². The van der Waals surface area contributed by atoms with Gasteiger partial charge in [0.15, 0.2) is 0 Å². The van der Waals surface area contributed by atoms with Gasteiger partial charge >= 0.3 is 0 Å². The monoisotopic (exact) mass is 524 g/mol. The zero-order valence-corrected chi connectivity index (χ0v) is 20.7. The molecule has 1 amide bonds. The predicted octanol–water partition coefficient (Wildman–Crippen LogP) is 3.58. The van der Waals surface area contributed by atoms with Crippen LogP contribution >= 0.6 is 15.9 Å². The normalized spacial score (nSPS) is 16.3. The number of methoxy groups -OCH3 is 1. The summed E-state index contributed by atoms with van der Waals surface area (Å²) in [6.45, 7) is 2.94. The van der Waals surface area contributed by atoms with E-state index in [1.54, 1.807) is 13.2 Å². The molecule has 0 aliphatic carbocycles. The summed E-state index contributed by atoms with van der Waals surface area (Å²) in [4.78, 5) is 12.6. The minimum absolute atomic E-state index is 0.0387. The fourth-order valence-electron chi connectivity index (χ4n) is 3.62. The first-order chi connectivity index (χ1) is 15.3. The number of benzene rings is 2. The van der Waals surface area contributed by atoms with Crippen LogP contribution in [0.1, 0.15) is 25.3 Å². The number of amides is 1. The number of rotatable bonds is 9. The Morgan fingerprint density at radius 2 is 1.81 bits per heavy atom. The summed E-state index contributed by atoms with van der Waals surface area (Å²) in [5.41, 5.74) is 0.741. The van der Waals surface area contributed by atoms with Gasteiger partial charge in [-0.05, 0) is 61.7 Å². The van der Waals surface area contributed by atoms with E-state index in [-0.39, 0.29) is 23.6 Å². The van der Waals surface area contributed by atoms with E-state index >= 15 is 0 Å². The first-order valence-corrected chi connectivity index (χ1v) is 13.0. The van der Waals surface area contributed by atoms with Crippen molar-refractivity contribution in [3.8, 4) is 11.5 Å². The van der Waals surface area contributed by atoms with Crippen LogP contribution in [0.5, 0.6) is 11.5 Å². The molecule has 1 atom stereocenters. The van der Waals surface area contributed by atoms with Crippen molar-refractivity contribution in [2.45, 2.75) is 31.6 Å². The van der Waals surface area contributed by atoms with E-state index in [1.807, 2.05) is 49.4 Å². The molecule has 3 rings (SSSR count). The van der Waals surface area contributed by atoms with Crippen molar-refractivity contribution in [1.82, 2.24) is 9.62 Å². The third-order valence-corrected chi connectivity index (χ3v) is 7.75. The van der Waals surface area contributed by atoms with Gasteiger partial charge in [0.1, 0.15) is 18.1 Å². The van der Waals surface area contributed by atoms with Gasteiger partial charge in [0.2, 0.25) is 15.9 Å². The van der Waals surface area contributed by atoms with E-state index in [1.165, 1.54) is 4.31 Å². The third-order valence-electron chi connectivity index (χ3n) is 5.40. The molecule has 0 aromatic heterocycles. The van der Waals surface area contributed by atoms with Crippen molar-refractivity contribution < 1.29 is 22.7 Å². The van der Waals surface area contributed by atoms with E-state index in [4.69, 9.17) is 9.47 Å². The number of piperidine rings is 1. The Balaban J connectivity index is 1.44. The maximum Gasteiger partial charge on any atom is 0.223 e. The van der Waals surface area contributed by atoms with Gasteiger partial charge in [0.25, 0.3) is 0 Å². The molecule has 174 valence electrons. The second kappa shape index (κ2) is 11.2. The molecule has 9 heteroatoms. The Morgan fingerprint density at radius 3 is 2.44 bits per heavy atom. The average molecular weight is 525 g/mol. The topological polar surface area (TPSA) is 84.9 Å². The molecule has 0 saturated carbocycles. The number of hydrogen-bond donors (Lipinski definition) is 1. The summed E-state index contributed by atoms with van der Waals surface area (Å²) in [5.74, 6) is 1.17. The molecule has 1 aliphatic rings. The van der Waals surface area contributed by atoms with Gasteiger partial charge < -0.3 is 14.8 Å². The highest BCUT2D eigenvalue weighted by Crippen LogP contribution is 2.23. The fraction of sp³-hybridized carbons (Fsp3) is 0.435. The van der Waals surface area contributed by atoms with Crippen molar-refractivity contribution >= 4 is 31.9 Å². The molecular weight excluding hydrogens is 496 g/mol. The Kier molecular flexibility index (Phi) is 8.56. The number of sulfonamides is 1. The number of ether oxygens (including phenoxy) is 2. The minimum Gasteiger partial charge on any atom is -0.497 e. The number of halogens is 1. The maximum atomic E-state index is 12.8. The molecule has 1 unspecified atom stereocenters. The number of hydrogen-bond acceptors (Lipinski definition) is 5. The second-order valence-corrected chi connectivity index (χ2v) is 10.8. The molecule has 7 nitrogen and oxygen atoms in total. The molecule has 2 aromatic rings. The summed E-state index contributed by atoms with van der Waals surface area (Å²) in [6, 6.07) is 14.4. The standard InChI is InChI=1S/C23H29BrN2O5S/c1-17(15-31-22-8-6-21(30-2)7-9-22)25-23(27)19-10-12-26(13-11-19)32(28,29)16-18-4-3-5-20(24)14-18/h3-9,14,17,19H,10-13,15-16H2,1-2H3,(H,25,27). The second-order valence-electron chi connectivity index (χ2n) is 7.96. The average Bonchev–Trinajstić information content (AvgIpc) is 2.78. The molecule has 1 N–H and O–H groups in total.